The zero-order chi connectivity index (χ0) is 14.7. The Morgan fingerprint density at radius 1 is 1.14 bits per heavy atom. The summed E-state index contributed by atoms with van der Waals surface area (Å²) in [5, 5.41) is 13.5. The first-order chi connectivity index (χ1) is 9.96. The molecule has 21 heavy (non-hydrogen) atoms. The number of nitrogens with one attached hydrogen (secondary N) is 1. The van der Waals surface area contributed by atoms with E-state index in [0.717, 1.165) is 44.9 Å². The molecular weight excluding hydrogens is 270 g/mol. The van der Waals surface area contributed by atoms with E-state index in [0.29, 0.717) is 18.3 Å². The van der Waals surface area contributed by atoms with Gasteiger partial charge >= 0.3 is 5.97 Å². The van der Waals surface area contributed by atoms with Gasteiger partial charge in [-0.1, -0.05) is 0 Å². The Labute approximate surface area is 124 Å². The Balaban J connectivity index is 1.40. The van der Waals surface area contributed by atoms with Crippen LogP contribution in [0.15, 0.2) is 0 Å². The van der Waals surface area contributed by atoms with Crippen molar-refractivity contribution in [3.8, 4) is 0 Å². The molecule has 0 aromatic heterocycles. The number of esters is 1. The monoisotopic (exact) mass is 293 g/mol. The maximum absolute atomic E-state index is 12.5. The average molecular weight is 293 g/mol. The van der Waals surface area contributed by atoms with Gasteiger partial charge in [0.2, 0.25) is 0 Å². The summed E-state index contributed by atoms with van der Waals surface area (Å²) in [6.45, 7) is -0.176. The molecule has 5 heteroatoms. The first kappa shape index (κ1) is 13.6. The second-order valence-electron chi connectivity index (χ2n) is 7.88. The van der Waals surface area contributed by atoms with E-state index in [-0.39, 0.29) is 24.5 Å². The predicted molar refractivity (Wildman–Crippen MR) is 74.2 cm³/mol. The fraction of sp³-hybridized carbons (Fsp3) is 0.875. The van der Waals surface area contributed by atoms with Gasteiger partial charge in [-0.2, -0.15) is 0 Å². The van der Waals surface area contributed by atoms with Gasteiger partial charge in [0.25, 0.3) is 5.91 Å². The summed E-state index contributed by atoms with van der Waals surface area (Å²) in [6.07, 6.45) is 7.04. The van der Waals surface area contributed by atoms with E-state index in [1.807, 2.05) is 0 Å². The zero-order valence-corrected chi connectivity index (χ0v) is 12.3. The van der Waals surface area contributed by atoms with Gasteiger partial charge in [0.05, 0.1) is 11.0 Å². The van der Waals surface area contributed by atoms with Crippen molar-refractivity contribution < 1.29 is 19.4 Å². The predicted octanol–water partition coefficient (Wildman–Crippen LogP) is 1.14. The minimum absolute atomic E-state index is 0.176. The Bertz CT molecular complexity index is 471. The average Bonchev–Trinajstić information content (AvgIpc) is 3.16. The van der Waals surface area contributed by atoms with Gasteiger partial charge in [-0.05, 0) is 63.2 Å². The number of amides is 1. The number of rotatable bonds is 4. The Morgan fingerprint density at radius 2 is 1.81 bits per heavy atom. The highest BCUT2D eigenvalue weighted by molar-refractivity contribution is 5.83. The maximum atomic E-state index is 12.5. The van der Waals surface area contributed by atoms with Crippen LogP contribution < -0.4 is 5.32 Å². The summed E-state index contributed by atoms with van der Waals surface area (Å²) in [6, 6.07) is 0.288. The van der Waals surface area contributed by atoms with E-state index in [9.17, 15) is 14.7 Å². The first-order valence-electron chi connectivity index (χ1n) is 8.15. The highest BCUT2D eigenvalue weighted by Crippen LogP contribution is 2.61. The molecular formula is C16H23NO4. The normalized spacial score (nSPS) is 43.7. The van der Waals surface area contributed by atoms with Gasteiger partial charge in [-0.3, -0.25) is 9.59 Å². The van der Waals surface area contributed by atoms with Gasteiger partial charge in [0.15, 0.2) is 6.61 Å². The molecule has 0 aromatic rings. The van der Waals surface area contributed by atoms with Gasteiger partial charge in [-0.25, -0.2) is 0 Å². The van der Waals surface area contributed by atoms with Crippen molar-refractivity contribution >= 4 is 11.9 Å². The molecule has 0 spiro atoms. The van der Waals surface area contributed by atoms with E-state index < -0.39 is 11.0 Å². The summed E-state index contributed by atoms with van der Waals surface area (Å²) in [4.78, 5) is 24.2. The van der Waals surface area contributed by atoms with Gasteiger partial charge < -0.3 is 15.2 Å². The molecule has 2 unspecified atom stereocenters. The second-order valence-corrected chi connectivity index (χ2v) is 7.88. The fourth-order valence-electron chi connectivity index (χ4n) is 5.23. The van der Waals surface area contributed by atoms with Crippen molar-refractivity contribution in [1.29, 1.82) is 0 Å². The number of hydrogen-bond donors (Lipinski definition) is 2. The third kappa shape index (κ3) is 2.45. The highest BCUT2D eigenvalue weighted by Gasteiger charge is 2.60. The van der Waals surface area contributed by atoms with Crippen LogP contribution in [-0.2, 0) is 14.3 Å². The van der Waals surface area contributed by atoms with Gasteiger partial charge in [0.1, 0.15) is 0 Å². The third-order valence-corrected chi connectivity index (χ3v) is 5.74. The summed E-state index contributed by atoms with van der Waals surface area (Å²) < 4.78 is 5.30. The zero-order valence-electron chi connectivity index (χ0n) is 12.3. The van der Waals surface area contributed by atoms with Crippen LogP contribution in [0.1, 0.15) is 51.4 Å². The first-order valence-corrected chi connectivity index (χ1v) is 8.15. The molecule has 5 aliphatic rings. The standard InChI is InChI=1S/C16H23NO4/c18-13(17-12-1-2-12)8-21-14(19)15-4-10-3-11(5-15)7-16(20,6-10)9-15/h10-12,20H,1-9H2,(H,17,18)/t10-,11+,15?,16?. The van der Waals surface area contributed by atoms with Crippen molar-refractivity contribution in [1.82, 2.24) is 5.32 Å². The molecule has 0 heterocycles. The molecule has 5 nitrogen and oxygen atoms in total. The lowest BCUT2D eigenvalue weighted by Crippen LogP contribution is -2.58. The van der Waals surface area contributed by atoms with Crippen LogP contribution in [0.2, 0.25) is 0 Å². The SMILES string of the molecule is O=C(COC(=O)C12C[C@@H]3C[C@@H](CC(O)(C3)C1)C2)NC1CC1. The molecule has 2 N–H and O–H groups in total. The van der Waals surface area contributed by atoms with Crippen molar-refractivity contribution in [2.75, 3.05) is 6.61 Å². The van der Waals surface area contributed by atoms with E-state index in [1.165, 1.54) is 0 Å². The summed E-state index contributed by atoms with van der Waals surface area (Å²) >= 11 is 0. The molecule has 0 saturated heterocycles. The Morgan fingerprint density at radius 3 is 2.38 bits per heavy atom. The lowest BCUT2D eigenvalue weighted by Gasteiger charge is -2.58. The summed E-state index contributed by atoms with van der Waals surface area (Å²) in [5.74, 6) is 0.434. The molecule has 0 aromatic carbocycles. The van der Waals surface area contributed by atoms with Crippen molar-refractivity contribution in [3.63, 3.8) is 0 Å². The quantitative estimate of drug-likeness (QED) is 0.762. The minimum Gasteiger partial charge on any atom is -0.455 e. The Hall–Kier alpha value is -1.10. The van der Waals surface area contributed by atoms with E-state index in [2.05, 4.69) is 5.32 Å². The third-order valence-electron chi connectivity index (χ3n) is 5.74. The number of ether oxygens (including phenoxy) is 1. The van der Waals surface area contributed by atoms with Gasteiger partial charge in [0, 0.05) is 6.04 Å². The largest absolute Gasteiger partial charge is 0.455 e. The molecule has 5 saturated carbocycles. The second kappa shape index (κ2) is 4.45. The summed E-state index contributed by atoms with van der Waals surface area (Å²) in [5.41, 5.74) is -1.20. The molecule has 116 valence electrons. The maximum Gasteiger partial charge on any atom is 0.312 e. The topological polar surface area (TPSA) is 75.6 Å². The lowest BCUT2D eigenvalue weighted by atomic mass is 9.48. The molecule has 1 amide bonds. The van der Waals surface area contributed by atoms with Crippen LogP contribution >= 0.6 is 0 Å². The van der Waals surface area contributed by atoms with Crippen LogP contribution in [0.4, 0.5) is 0 Å². The number of carbonyl (C=O) groups is 2. The van der Waals surface area contributed by atoms with Crippen LogP contribution in [-0.4, -0.2) is 35.2 Å². The smallest absolute Gasteiger partial charge is 0.312 e. The molecule has 4 bridgehead atoms. The Kier molecular flexibility index (Phi) is 2.87. The highest BCUT2D eigenvalue weighted by atomic mass is 16.5. The van der Waals surface area contributed by atoms with Crippen LogP contribution in [0.5, 0.6) is 0 Å². The van der Waals surface area contributed by atoms with Crippen molar-refractivity contribution in [2.24, 2.45) is 17.3 Å². The van der Waals surface area contributed by atoms with E-state index >= 15 is 0 Å². The number of aliphatic hydroxyl groups is 1. The van der Waals surface area contributed by atoms with Crippen LogP contribution in [0.25, 0.3) is 0 Å². The summed E-state index contributed by atoms with van der Waals surface area (Å²) in [7, 11) is 0. The molecule has 0 radical (unpaired) electrons. The molecule has 0 aliphatic heterocycles. The van der Waals surface area contributed by atoms with Crippen molar-refractivity contribution in [2.45, 2.75) is 63.0 Å². The number of carbonyl (C=O) groups excluding carboxylic acids is 2. The van der Waals surface area contributed by atoms with Crippen molar-refractivity contribution in [3.05, 3.63) is 0 Å². The van der Waals surface area contributed by atoms with Crippen LogP contribution in [0.3, 0.4) is 0 Å². The van der Waals surface area contributed by atoms with Gasteiger partial charge in [-0.15, -0.1) is 0 Å². The van der Waals surface area contributed by atoms with E-state index in [4.69, 9.17) is 4.74 Å². The molecule has 4 atom stereocenters. The van der Waals surface area contributed by atoms with E-state index in [1.54, 1.807) is 0 Å². The lowest BCUT2D eigenvalue weighted by molar-refractivity contribution is -0.196. The van der Waals surface area contributed by atoms with Crippen LogP contribution in [0, 0.1) is 17.3 Å². The fourth-order valence-corrected chi connectivity index (χ4v) is 5.23. The number of hydrogen-bond acceptors (Lipinski definition) is 4. The minimum atomic E-state index is -0.667. The molecule has 5 rings (SSSR count). The molecule has 5 aliphatic carbocycles. The molecule has 5 fully saturated rings.